The third-order valence-electron chi connectivity index (χ3n) is 5.61. The number of aliphatic carboxylic acids is 4. The number of carboxylic acid groups (broad SMARTS) is 4. The molecule has 2 heterocycles. The Kier molecular flexibility index (Phi) is 12.5. The molecule has 0 spiro atoms. The Morgan fingerprint density at radius 2 is 1.26 bits per heavy atom. The number of carboxylic acids is 4. The second kappa shape index (κ2) is 15.0. The summed E-state index contributed by atoms with van der Waals surface area (Å²) in [5.74, 6) is -7.49. The zero-order valence-corrected chi connectivity index (χ0v) is 21.9. The molecule has 0 amide bonds. The van der Waals surface area contributed by atoms with Crippen molar-refractivity contribution in [2.24, 2.45) is 0 Å². The molecule has 0 bridgehead atoms. The molecule has 1 aliphatic heterocycles. The van der Waals surface area contributed by atoms with Crippen LogP contribution in [0.15, 0.2) is 30.3 Å². The van der Waals surface area contributed by atoms with Gasteiger partial charge >= 0.3 is 29.8 Å². The summed E-state index contributed by atoms with van der Waals surface area (Å²) >= 11 is 0. The number of hydrogen-bond donors (Lipinski definition) is 4. The average Bonchev–Trinajstić information content (AvgIpc) is 3.19. The van der Waals surface area contributed by atoms with Gasteiger partial charge in [0.15, 0.2) is 5.78 Å². The number of aryl methyl sites for hydroxylation is 1. The minimum atomic E-state index is -1.82. The lowest BCUT2D eigenvalue weighted by Crippen LogP contribution is -2.46. The van der Waals surface area contributed by atoms with Crippen molar-refractivity contribution in [3.8, 4) is 5.69 Å². The largest absolute Gasteiger partial charge is 0.473 e. The van der Waals surface area contributed by atoms with Gasteiger partial charge in [-0.25, -0.2) is 24.0 Å². The van der Waals surface area contributed by atoms with Crippen LogP contribution < -0.4 is 0 Å². The first-order chi connectivity index (χ1) is 18.2. The van der Waals surface area contributed by atoms with Crippen LogP contribution >= 0.6 is 0 Å². The van der Waals surface area contributed by atoms with Crippen LogP contribution in [-0.4, -0.2) is 117 Å². The smallest absolute Gasteiger partial charge is 0.414 e. The Morgan fingerprint density at radius 1 is 0.795 bits per heavy atom. The van der Waals surface area contributed by atoms with E-state index in [2.05, 4.69) is 21.4 Å². The summed E-state index contributed by atoms with van der Waals surface area (Å²) in [4.78, 5) is 65.4. The average molecular weight is 550 g/mol. The zero-order valence-electron chi connectivity index (χ0n) is 21.9. The Balaban J connectivity index is 0.000000530. The molecule has 1 fully saturated rings. The SMILES string of the molecule is COC(=O)c1ccc(-n2c(C)cc(C(=O)CN3CCN(C)CC3)c2C)cc1.O=C(O)C(=O)O.O=C(O)C(=O)O. The monoisotopic (exact) mass is 549 g/mol. The molecule has 39 heavy (non-hydrogen) atoms. The van der Waals surface area contributed by atoms with Gasteiger partial charge < -0.3 is 34.6 Å². The minimum absolute atomic E-state index is 0.157. The van der Waals surface area contributed by atoms with Gasteiger partial charge in [-0.1, -0.05) is 0 Å². The number of benzene rings is 1. The van der Waals surface area contributed by atoms with E-state index < -0.39 is 23.9 Å². The van der Waals surface area contributed by atoms with E-state index in [0.717, 1.165) is 48.8 Å². The van der Waals surface area contributed by atoms with Crippen molar-refractivity contribution < 1.29 is 53.9 Å². The van der Waals surface area contributed by atoms with Crippen LogP contribution in [0.2, 0.25) is 0 Å². The number of carbonyl (C=O) groups excluding carboxylic acids is 2. The summed E-state index contributed by atoms with van der Waals surface area (Å²) in [6.45, 7) is 8.27. The number of ether oxygens (including phenoxy) is 1. The first kappa shape index (κ1) is 32.5. The number of aromatic nitrogens is 1. The molecule has 0 atom stereocenters. The maximum absolute atomic E-state index is 12.9. The minimum Gasteiger partial charge on any atom is -0.473 e. The number of nitrogens with zero attached hydrogens (tertiary/aromatic N) is 3. The predicted molar refractivity (Wildman–Crippen MR) is 135 cm³/mol. The molecule has 0 aliphatic carbocycles. The van der Waals surface area contributed by atoms with E-state index in [-0.39, 0.29) is 11.8 Å². The molecule has 0 unspecified atom stereocenters. The molecule has 0 saturated carbocycles. The summed E-state index contributed by atoms with van der Waals surface area (Å²) in [5, 5.41) is 29.6. The fourth-order valence-electron chi connectivity index (χ4n) is 3.60. The molecule has 14 nitrogen and oxygen atoms in total. The molecular weight excluding hydrogens is 518 g/mol. The maximum Gasteiger partial charge on any atom is 0.414 e. The molecule has 2 aromatic rings. The summed E-state index contributed by atoms with van der Waals surface area (Å²) in [6, 6.07) is 9.20. The Morgan fingerprint density at radius 3 is 1.67 bits per heavy atom. The molecule has 14 heteroatoms. The van der Waals surface area contributed by atoms with Crippen LogP contribution in [0.25, 0.3) is 5.69 Å². The summed E-state index contributed by atoms with van der Waals surface area (Å²) in [6.07, 6.45) is 0. The van der Waals surface area contributed by atoms with Gasteiger partial charge in [0, 0.05) is 48.8 Å². The fraction of sp³-hybridized carbons (Fsp3) is 0.360. The molecule has 0 radical (unpaired) electrons. The van der Waals surface area contributed by atoms with Crippen molar-refractivity contribution in [1.29, 1.82) is 0 Å². The number of esters is 1. The first-order valence-electron chi connectivity index (χ1n) is 11.4. The first-order valence-corrected chi connectivity index (χ1v) is 11.4. The highest BCUT2D eigenvalue weighted by molar-refractivity contribution is 6.27. The quantitative estimate of drug-likeness (QED) is 0.230. The van der Waals surface area contributed by atoms with Crippen molar-refractivity contribution in [2.45, 2.75) is 13.8 Å². The van der Waals surface area contributed by atoms with Gasteiger partial charge in [-0.3, -0.25) is 9.69 Å². The molecule has 1 aromatic carbocycles. The van der Waals surface area contributed by atoms with Gasteiger partial charge in [0.05, 0.1) is 19.2 Å². The summed E-state index contributed by atoms with van der Waals surface area (Å²) < 4.78 is 6.80. The number of Topliss-reactive ketones (excluding diaryl/α,β-unsaturated/α-hetero) is 1. The van der Waals surface area contributed by atoms with Crippen molar-refractivity contribution in [1.82, 2.24) is 14.4 Å². The van der Waals surface area contributed by atoms with Gasteiger partial charge in [0.25, 0.3) is 0 Å². The van der Waals surface area contributed by atoms with Crippen molar-refractivity contribution >= 4 is 35.6 Å². The number of ketones is 1. The lowest BCUT2D eigenvalue weighted by molar-refractivity contribution is -0.159. The predicted octanol–water partition coefficient (Wildman–Crippen LogP) is 0.622. The van der Waals surface area contributed by atoms with Crippen LogP contribution in [0.4, 0.5) is 0 Å². The molecule has 1 aromatic heterocycles. The highest BCUT2D eigenvalue weighted by Gasteiger charge is 2.21. The number of likely N-dealkylation sites (N-methyl/N-ethyl adjacent to an activating group) is 1. The van der Waals surface area contributed by atoms with E-state index in [1.807, 2.05) is 32.0 Å². The molecule has 1 aliphatic rings. The van der Waals surface area contributed by atoms with Crippen molar-refractivity contribution in [3.05, 3.63) is 52.8 Å². The highest BCUT2D eigenvalue weighted by Crippen LogP contribution is 2.22. The molecule has 3 rings (SSSR count). The third kappa shape index (κ3) is 10.0. The van der Waals surface area contributed by atoms with Gasteiger partial charge in [-0.15, -0.1) is 0 Å². The van der Waals surface area contributed by atoms with Gasteiger partial charge in [-0.2, -0.15) is 0 Å². The van der Waals surface area contributed by atoms with E-state index in [9.17, 15) is 9.59 Å². The van der Waals surface area contributed by atoms with Gasteiger partial charge in [0.1, 0.15) is 0 Å². The van der Waals surface area contributed by atoms with Crippen molar-refractivity contribution in [3.63, 3.8) is 0 Å². The molecular formula is C25H31N3O11. The lowest BCUT2D eigenvalue weighted by Gasteiger charge is -2.31. The Labute approximate surface area is 223 Å². The highest BCUT2D eigenvalue weighted by atomic mass is 16.5. The van der Waals surface area contributed by atoms with Crippen molar-refractivity contribution in [2.75, 3.05) is 46.9 Å². The second-order valence-corrected chi connectivity index (χ2v) is 8.38. The van der Waals surface area contributed by atoms with E-state index in [0.29, 0.717) is 12.1 Å². The number of carbonyl (C=O) groups is 6. The Hall–Kier alpha value is -4.56. The van der Waals surface area contributed by atoms with Gasteiger partial charge in [-0.05, 0) is 51.2 Å². The van der Waals surface area contributed by atoms with Crippen LogP contribution in [0.5, 0.6) is 0 Å². The number of methoxy groups -OCH3 is 1. The van der Waals surface area contributed by atoms with E-state index >= 15 is 0 Å². The summed E-state index contributed by atoms with van der Waals surface area (Å²) in [5.41, 5.74) is 4.13. The van der Waals surface area contributed by atoms with Crippen LogP contribution in [-0.2, 0) is 23.9 Å². The maximum atomic E-state index is 12.9. The van der Waals surface area contributed by atoms with Gasteiger partial charge in [0.2, 0.25) is 0 Å². The zero-order chi connectivity index (χ0) is 29.9. The lowest BCUT2D eigenvalue weighted by atomic mass is 10.1. The third-order valence-corrected chi connectivity index (χ3v) is 5.61. The summed E-state index contributed by atoms with van der Waals surface area (Å²) in [7, 11) is 3.48. The van der Waals surface area contributed by atoms with Crippen LogP contribution in [0.1, 0.15) is 32.1 Å². The van der Waals surface area contributed by atoms with Crippen LogP contribution in [0.3, 0.4) is 0 Å². The van der Waals surface area contributed by atoms with Crippen LogP contribution in [0, 0.1) is 13.8 Å². The number of rotatable bonds is 5. The molecule has 212 valence electrons. The second-order valence-electron chi connectivity index (χ2n) is 8.38. The van der Waals surface area contributed by atoms with E-state index in [1.54, 1.807) is 12.1 Å². The molecule has 1 saturated heterocycles. The van der Waals surface area contributed by atoms with E-state index in [4.69, 9.17) is 44.3 Å². The molecule has 4 N–H and O–H groups in total. The number of piperazine rings is 1. The standard InChI is InChI=1S/C21H27N3O3.2C2H2O4/c1-15-13-19(20(25)14-23-11-9-22(3)10-12-23)16(2)24(15)18-7-5-17(6-8-18)21(26)27-4;2*3-1(4)2(5)6/h5-8,13H,9-12,14H2,1-4H3;2*(H,3,4)(H,5,6). The van der Waals surface area contributed by atoms with E-state index in [1.165, 1.54) is 7.11 Å². The Bertz CT molecular complexity index is 1160. The normalized spacial score (nSPS) is 13.1. The number of hydrogen-bond acceptors (Lipinski definition) is 9. The fourth-order valence-corrected chi connectivity index (χ4v) is 3.60. The topological polar surface area (TPSA) is 204 Å².